The number of carbonyl (C=O) groups excluding carboxylic acids is 2. The summed E-state index contributed by atoms with van der Waals surface area (Å²) in [5.41, 5.74) is 0. The van der Waals surface area contributed by atoms with Crippen LogP contribution in [0.2, 0.25) is 0 Å². The number of unbranched alkanes of at least 4 members (excludes halogenated alkanes) is 41. The third-order valence-corrected chi connectivity index (χ3v) is 18.4. The Kier molecular flexibility index (Phi) is 77.4. The van der Waals surface area contributed by atoms with E-state index in [-0.39, 0.29) is 32.2 Å². The summed E-state index contributed by atoms with van der Waals surface area (Å²) in [5, 5.41) is 9.78. The second-order valence-corrected chi connectivity index (χ2v) is 29.4. The van der Waals surface area contributed by atoms with Crippen LogP contribution in [0.25, 0.3) is 0 Å². The molecule has 9 heteroatoms. The largest absolute Gasteiger partial charge is 0.477 e. The maximum absolute atomic E-state index is 13.0. The molecule has 9 nitrogen and oxygen atoms in total. The van der Waals surface area contributed by atoms with Crippen LogP contribution in [-0.4, -0.2) is 87.4 Å². The van der Waals surface area contributed by atoms with E-state index in [4.69, 9.17) is 18.9 Å². The van der Waals surface area contributed by atoms with Gasteiger partial charge in [0.15, 0.2) is 6.10 Å². The molecular formula is C92H160NO8+. The molecule has 0 aliphatic heterocycles. The van der Waals surface area contributed by atoms with Gasteiger partial charge in [0.25, 0.3) is 6.29 Å². The summed E-state index contributed by atoms with van der Waals surface area (Å²) >= 11 is 0. The van der Waals surface area contributed by atoms with Crippen LogP contribution >= 0.6 is 0 Å². The van der Waals surface area contributed by atoms with Crippen molar-refractivity contribution in [1.82, 2.24) is 0 Å². The molecule has 0 aliphatic rings. The first kappa shape index (κ1) is 96.4. The Labute approximate surface area is 624 Å². The fourth-order valence-corrected chi connectivity index (χ4v) is 12.0. The van der Waals surface area contributed by atoms with Gasteiger partial charge in [0.1, 0.15) is 13.2 Å². The van der Waals surface area contributed by atoms with Gasteiger partial charge in [0.05, 0.1) is 34.4 Å². The van der Waals surface area contributed by atoms with Gasteiger partial charge in [-0.05, 0) is 116 Å². The van der Waals surface area contributed by atoms with Crippen molar-refractivity contribution in [3.8, 4) is 0 Å². The third-order valence-electron chi connectivity index (χ3n) is 18.4. The predicted octanol–water partition coefficient (Wildman–Crippen LogP) is 27.6. The molecule has 0 aromatic rings. The number of allylic oxidation sites excluding steroid dienone is 22. The van der Waals surface area contributed by atoms with E-state index >= 15 is 0 Å². The number of aliphatic carboxylic acids is 1. The highest BCUT2D eigenvalue weighted by Gasteiger charge is 2.25. The Bertz CT molecular complexity index is 2130. The summed E-state index contributed by atoms with van der Waals surface area (Å²) in [6.07, 6.45) is 115. The normalized spacial score (nSPS) is 13.3. The van der Waals surface area contributed by atoms with Gasteiger partial charge in [-0.1, -0.05) is 379 Å². The summed E-state index contributed by atoms with van der Waals surface area (Å²) in [6, 6.07) is 0. The first-order valence-corrected chi connectivity index (χ1v) is 42.3. The molecule has 0 bridgehead atoms. The molecule has 0 heterocycles. The Hall–Kier alpha value is -4.57. The van der Waals surface area contributed by atoms with Crippen LogP contribution in [-0.2, 0) is 33.3 Å². The molecule has 2 atom stereocenters. The molecule has 580 valence electrons. The maximum atomic E-state index is 13.0. The fourth-order valence-electron chi connectivity index (χ4n) is 12.0. The lowest BCUT2D eigenvalue weighted by atomic mass is 10.0. The lowest BCUT2D eigenvalue weighted by Gasteiger charge is -2.25. The van der Waals surface area contributed by atoms with E-state index in [0.717, 1.165) is 109 Å². The molecule has 0 aliphatic carbocycles. The zero-order valence-corrected chi connectivity index (χ0v) is 66.5. The van der Waals surface area contributed by atoms with Crippen molar-refractivity contribution in [3.05, 3.63) is 134 Å². The van der Waals surface area contributed by atoms with Gasteiger partial charge in [0.2, 0.25) is 0 Å². The number of carboxylic acid groups (broad SMARTS) is 1. The van der Waals surface area contributed by atoms with Gasteiger partial charge in [-0.2, -0.15) is 0 Å². The fraction of sp³-hybridized carbons (Fsp3) is 0.728. The standard InChI is InChI=1S/C92H159NO8/c1-6-8-10-12-14-16-18-20-22-24-26-28-30-32-34-36-38-40-42-43-44-45-46-47-49-51-53-55-57-59-61-63-65-67-69-71-73-75-77-79-81-83-90(95)101-88(87-100-92(91(96)97)98-85-84-93(3,4)5)86-99-89(94)82-80-78-76-74-72-70-68-66-64-62-60-58-56-54-52-50-48-41-39-37-35-33-31-29-27-25-23-21-19-17-15-13-11-9-7-2/h8,10,14,16,20,22,25-28,32,34,38,40,43-44,46-47,51,53,57,59,88,92H,6-7,9,11-13,15,17-19,21,23-24,29-31,33,35-37,39,41-42,45,48-50,52,54-56,58,60-87H2,1-5H3/p+1/b10-8-,16-14-,22-20-,27-25-,28-26-,34-32-,40-38-,44-43-,47-46-,53-51-,59-57-. The lowest BCUT2D eigenvalue weighted by molar-refractivity contribution is -0.870. The highest BCUT2D eigenvalue weighted by atomic mass is 16.7. The minimum absolute atomic E-state index is 0.183. The molecule has 0 aromatic carbocycles. The lowest BCUT2D eigenvalue weighted by Crippen LogP contribution is -2.40. The van der Waals surface area contributed by atoms with E-state index in [1.807, 2.05) is 21.1 Å². The predicted molar refractivity (Wildman–Crippen MR) is 438 cm³/mol. The van der Waals surface area contributed by atoms with E-state index < -0.39 is 24.3 Å². The molecule has 0 saturated carbocycles. The molecule has 0 amide bonds. The van der Waals surface area contributed by atoms with Gasteiger partial charge in [-0.25, -0.2) is 4.79 Å². The van der Waals surface area contributed by atoms with Gasteiger partial charge in [0, 0.05) is 12.8 Å². The van der Waals surface area contributed by atoms with E-state index in [2.05, 4.69) is 148 Å². The van der Waals surface area contributed by atoms with E-state index in [1.165, 1.54) is 231 Å². The second kappa shape index (κ2) is 81.1. The number of likely N-dealkylation sites (N-methyl/N-ethyl adjacent to an activating group) is 1. The van der Waals surface area contributed by atoms with Crippen molar-refractivity contribution in [1.29, 1.82) is 0 Å². The minimum Gasteiger partial charge on any atom is -0.477 e. The summed E-state index contributed by atoms with van der Waals surface area (Å²) in [4.78, 5) is 37.8. The van der Waals surface area contributed by atoms with E-state index in [1.54, 1.807) is 0 Å². The van der Waals surface area contributed by atoms with Crippen LogP contribution in [0.5, 0.6) is 0 Å². The molecule has 0 spiro atoms. The Morgan fingerprint density at radius 1 is 0.307 bits per heavy atom. The van der Waals surface area contributed by atoms with Crippen LogP contribution in [0.1, 0.15) is 373 Å². The van der Waals surface area contributed by atoms with Crippen molar-refractivity contribution in [2.24, 2.45) is 0 Å². The van der Waals surface area contributed by atoms with E-state index in [0.29, 0.717) is 23.9 Å². The van der Waals surface area contributed by atoms with Gasteiger partial charge >= 0.3 is 17.9 Å². The van der Waals surface area contributed by atoms with Gasteiger partial charge in [-0.3, -0.25) is 9.59 Å². The topological polar surface area (TPSA) is 108 Å². The Morgan fingerprint density at radius 2 is 0.564 bits per heavy atom. The number of nitrogens with zero attached hydrogens (tertiary/aromatic N) is 1. The number of quaternary nitrogens is 1. The summed E-state index contributed by atoms with van der Waals surface area (Å²) in [7, 11) is 5.99. The second-order valence-electron chi connectivity index (χ2n) is 29.4. The van der Waals surface area contributed by atoms with Crippen molar-refractivity contribution < 1.29 is 42.9 Å². The molecule has 0 aromatic heterocycles. The van der Waals surface area contributed by atoms with E-state index in [9.17, 15) is 19.5 Å². The van der Waals surface area contributed by atoms with Crippen LogP contribution in [0.4, 0.5) is 0 Å². The van der Waals surface area contributed by atoms with Crippen LogP contribution in [0.15, 0.2) is 134 Å². The molecule has 101 heavy (non-hydrogen) atoms. The average Bonchev–Trinajstić information content (AvgIpc) is 1.21. The Morgan fingerprint density at radius 3 is 0.851 bits per heavy atom. The summed E-state index contributed by atoms with van der Waals surface area (Å²) in [5.74, 6) is -2.00. The van der Waals surface area contributed by atoms with Crippen LogP contribution < -0.4 is 0 Å². The Balaban J connectivity index is 4.04. The molecule has 0 fully saturated rings. The van der Waals surface area contributed by atoms with Crippen LogP contribution in [0.3, 0.4) is 0 Å². The zero-order chi connectivity index (χ0) is 73.2. The van der Waals surface area contributed by atoms with Crippen molar-refractivity contribution >= 4 is 17.9 Å². The number of carbonyl (C=O) groups is 3. The number of esters is 2. The number of hydrogen-bond acceptors (Lipinski definition) is 7. The molecule has 0 radical (unpaired) electrons. The number of hydrogen-bond donors (Lipinski definition) is 1. The summed E-state index contributed by atoms with van der Waals surface area (Å²) < 4.78 is 23.1. The van der Waals surface area contributed by atoms with Crippen molar-refractivity contribution in [2.45, 2.75) is 386 Å². The van der Waals surface area contributed by atoms with Crippen LogP contribution in [0, 0.1) is 0 Å². The minimum atomic E-state index is -1.52. The average molecular weight is 1410 g/mol. The first-order valence-electron chi connectivity index (χ1n) is 42.3. The first-order chi connectivity index (χ1) is 49.6. The zero-order valence-electron chi connectivity index (χ0n) is 66.5. The highest BCUT2D eigenvalue weighted by Crippen LogP contribution is 2.19. The smallest absolute Gasteiger partial charge is 0.361 e. The monoisotopic (exact) mass is 1410 g/mol. The van der Waals surface area contributed by atoms with Gasteiger partial charge < -0.3 is 28.5 Å². The molecule has 2 unspecified atom stereocenters. The molecular weight excluding hydrogens is 1250 g/mol. The molecule has 0 saturated heterocycles. The van der Waals surface area contributed by atoms with Crippen molar-refractivity contribution in [3.63, 3.8) is 0 Å². The number of rotatable bonds is 78. The summed E-state index contributed by atoms with van der Waals surface area (Å²) in [6.45, 7) is 4.79. The van der Waals surface area contributed by atoms with Crippen molar-refractivity contribution in [2.75, 3.05) is 47.5 Å². The number of ether oxygens (including phenoxy) is 4. The maximum Gasteiger partial charge on any atom is 0.361 e. The highest BCUT2D eigenvalue weighted by molar-refractivity contribution is 5.71. The molecule has 1 N–H and O–H groups in total. The molecule has 0 rings (SSSR count). The quantitative estimate of drug-likeness (QED) is 0.0211. The number of carboxylic acids is 1. The SMILES string of the molecule is CC/C=C\C/C=C\C/C=C\C/C=C\C/C=C\C/C=C\C/C=C\C/C=C\C/C=C\C/C=C\CCCCCCCCCCCCC(=O)OC(COC(=O)CCCCCCCCCCCCCCCCCCCCCCCCC/C=C\CCCCCCCCCC)COC(OCC[N+](C)(C)C)C(=O)O. The third kappa shape index (κ3) is 82.6. The van der Waals surface area contributed by atoms with Gasteiger partial charge in [-0.15, -0.1) is 0 Å².